The van der Waals surface area contributed by atoms with Gasteiger partial charge in [-0.3, -0.25) is 14.6 Å². The van der Waals surface area contributed by atoms with Crippen molar-refractivity contribution >= 4 is 5.91 Å². The SMILES string of the molecule is Cc1cccc(C)c1OCCN1CCN(C(=O)CN2CCOCC2)CC1. The first-order valence-corrected chi connectivity index (χ1v) is 9.63. The molecule has 1 aromatic carbocycles. The van der Waals surface area contributed by atoms with E-state index in [1.807, 2.05) is 4.90 Å². The molecule has 2 heterocycles. The Hall–Kier alpha value is -1.63. The van der Waals surface area contributed by atoms with E-state index in [0.717, 1.165) is 64.8 Å². The number of hydrogen-bond acceptors (Lipinski definition) is 5. The average Bonchev–Trinajstić information content (AvgIpc) is 2.65. The van der Waals surface area contributed by atoms with Gasteiger partial charge in [0, 0.05) is 45.8 Å². The second kappa shape index (κ2) is 9.35. The highest BCUT2D eigenvalue weighted by Gasteiger charge is 2.23. The zero-order valence-corrected chi connectivity index (χ0v) is 16.1. The number of carbonyl (C=O) groups is 1. The third-order valence-electron chi connectivity index (χ3n) is 5.25. The van der Waals surface area contributed by atoms with E-state index in [1.54, 1.807) is 0 Å². The quantitative estimate of drug-likeness (QED) is 0.761. The van der Waals surface area contributed by atoms with E-state index >= 15 is 0 Å². The van der Waals surface area contributed by atoms with Gasteiger partial charge >= 0.3 is 0 Å². The number of hydrogen-bond donors (Lipinski definition) is 0. The summed E-state index contributed by atoms with van der Waals surface area (Å²) < 4.78 is 11.3. The zero-order chi connectivity index (χ0) is 18.4. The van der Waals surface area contributed by atoms with Gasteiger partial charge in [-0.1, -0.05) is 18.2 Å². The zero-order valence-electron chi connectivity index (χ0n) is 16.1. The van der Waals surface area contributed by atoms with Crippen LogP contribution in [0.2, 0.25) is 0 Å². The Morgan fingerprint density at radius 2 is 1.65 bits per heavy atom. The molecule has 0 atom stereocenters. The molecule has 2 aliphatic rings. The van der Waals surface area contributed by atoms with Crippen molar-refractivity contribution in [2.75, 3.05) is 72.2 Å². The molecule has 1 amide bonds. The summed E-state index contributed by atoms with van der Waals surface area (Å²) in [6, 6.07) is 6.23. The third kappa shape index (κ3) is 5.19. The maximum atomic E-state index is 12.4. The van der Waals surface area contributed by atoms with E-state index in [4.69, 9.17) is 9.47 Å². The van der Waals surface area contributed by atoms with Crippen LogP contribution in [0.15, 0.2) is 18.2 Å². The molecule has 0 aliphatic carbocycles. The lowest BCUT2D eigenvalue weighted by molar-refractivity contribution is -0.135. The molecule has 2 aliphatic heterocycles. The normalized spacial score (nSPS) is 19.5. The Morgan fingerprint density at radius 1 is 1.00 bits per heavy atom. The molecule has 0 radical (unpaired) electrons. The third-order valence-corrected chi connectivity index (χ3v) is 5.25. The first kappa shape index (κ1) is 19.1. The number of para-hydroxylation sites is 1. The van der Waals surface area contributed by atoms with Crippen LogP contribution >= 0.6 is 0 Å². The summed E-state index contributed by atoms with van der Waals surface area (Å²) in [6.07, 6.45) is 0. The maximum absolute atomic E-state index is 12.4. The minimum atomic E-state index is 0.248. The van der Waals surface area contributed by atoms with Crippen molar-refractivity contribution < 1.29 is 14.3 Å². The van der Waals surface area contributed by atoms with Gasteiger partial charge in [-0.05, 0) is 25.0 Å². The summed E-state index contributed by atoms with van der Waals surface area (Å²) in [4.78, 5) is 19.0. The smallest absolute Gasteiger partial charge is 0.236 e. The van der Waals surface area contributed by atoms with Crippen molar-refractivity contribution in [2.24, 2.45) is 0 Å². The lowest BCUT2D eigenvalue weighted by Crippen LogP contribution is -2.52. The number of piperazine rings is 1. The Labute approximate surface area is 156 Å². The van der Waals surface area contributed by atoms with Crippen molar-refractivity contribution in [3.8, 4) is 5.75 Å². The number of ether oxygens (including phenoxy) is 2. The highest BCUT2D eigenvalue weighted by atomic mass is 16.5. The van der Waals surface area contributed by atoms with Crippen LogP contribution in [0.25, 0.3) is 0 Å². The monoisotopic (exact) mass is 361 g/mol. The topological polar surface area (TPSA) is 45.2 Å². The molecule has 6 heteroatoms. The van der Waals surface area contributed by atoms with Gasteiger partial charge in [0.05, 0.1) is 19.8 Å². The van der Waals surface area contributed by atoms with Crippen LogP contribution in [0.1, 0.15) is 11.1 Å². The standard InChI is InChI=1S/C20H31N3O3/c1-17-4-3-5-18(2)20(17)26-15-12-21-6-8-23(9-7-21)19(24)16-22-10-13-25-14-11-22/h3-5H,6-16H2,1-2H3. The van der Waals surface area contributed by atoms with Crippen LogP contribution in [-0.4, -0.2) is 92.8 Å². The van der Waals surface area contributed by atoms with Crippen molar-refractivity contribution in [1.29, 1.82) is 0 Å². The molecule has 2 saturated heterocycles. The van der Waals surface area contributed by atoms with Crippen LogP contribution < -0.4 is 4.74 Å². The average molecular weight is 361 g/mol. The molecular formula is C20H31N3O3. The van der Waals surface area contributed by atoms with Gasteiger partial charge in [-0.25, -0.2) is 0 Å². The number of carbonyl (C=O) groups excluding carboxylic acids is 1. The Kier molecular flexibility index (Phi) is 6.88. The number of morpholine rings is 1. The second-order valence-corrected chi connectivity index (χ2v) is 7.18. The van der Waals surface area contributed by atoms with E-state index in [9.17, 15) is 4.79 Å². The van der Waals surface area contributed by atoms with Gasteiger partial charge in [0.1, 0.15) is 12.4 Å². The molecule has 2 fully saturated rings. The van der Waals surface area contributed by atoms with Crippen LogP contribution in [0.3, 0.4) is 0 Å². The van der Waals surface area contributed by atoms with E-state index in [2.05, 4.69) is 41.8 Å². The molecule has 0 spiro atoms. The second-order valence-electron chi connectivity index (χ2n) is 7.18. The van der Waals surface area contributed by atoms with Crippen molar-refractivity contribution in [3.05, 3.63) is 29.3 Å². The van der Waals surface area contributed by atoms with Crippen molar-refractivity contribution in [1.82, 2.24) is 14.7 Å². The highest BCUT2D eigenvalue weighted by molar-refractivity contribution is 5.78. The lowest BCUT2D eigenvalue weighted by Gasteiger charge is -2.36. The first-order chi connectivity index (χ1) is 12.6. The minimum Gasteiger partial charge on any atom is -0.492 e. The highest BCUT2D eigenvalue weighted by Crippen LogP contribution is 2.22. The van der Waals surface area contributed by atoms with Gasteiger partial charge in [0.2, 0.25) is 5.91 Å². The molecule has 0 bridgehead atoms. The van der Waals surface area contributed by atoms with Gasteiger partial charge < -0.3 is 14.4 Å². The van der Waals surface area contributed by atoms with Gasteiger partial charge in [0.25, 0.3) is 0 Å². The number of amides is 1. The predicted octanol–water partition coefficient (Wildman–Crippen LogP) is 1.16. The van der Waals surface area contributed by atoms with E-state index in [0.29, 0.717) is 13.2 Å². The molecule has 1 aromatic rings. The number of aryl methyl sites for hydroxylation is 2. The lowest BCUT2D eigenvalue weighted by atomic mass is 10.1. The molecule has 0 saturated carbocycles. The van der Waals surface area contributed by atoms with Crippen molar-refractivity contribution in [2.45, 2.75) is 13.8 Å². The van der Waals surface area contributed by atoms with Crippen LogP contribution in [0, 0.1) is 13.8 Å². The van der Waals surface area contributed by atoms with E-state index in [1.165, 1.54) is 11.1 Å². The number of benzene rings is 1. The Balaban J connectivity index is 1.36. The first-order valence-electron chi connectivity index (χ1n) is 9.63. The molecule has 26 heavy (non-hydrogen) atoms. The van der Waals surface area contributed by atoms with Crippen molar-refractivity contribution in [3.63, 3.8) is 0 Å². The van der Waals surface area contributed by atoms with Crippen LogP contribution in [0.5, 0.6) is 5.75 Å². The van der Waals surface area contributed by atoms with Gasteiger partial charge in [-0.15, -0.1) is 0 Å². The fourth-order valence-corrected chi connectivity index (χ4v) is 3.58. The summed E-state index contributed by atoms with van der Waals surface area (Å²) in [5.74, 6) is 1.25. The van der Waals surface area contributed by atoms with Gasteiger partial charge in [0.15, 0.2) is 0 Å². The largest absolute Gasteiger partial charge is 0.492 e. The fourth-order valence-electron chi connectivity index (χ4n) is 3.58. The molecule has 144 valence electrons. The summed E-state index contributed by atoms with van der Waals surface area (Å²) in [7, 11) is 0. The van der Waals surface area contributed by atoms with Gasteiger partial charge in [-0.2, -0.15) is 0 Å². The van der Waals surface area contributed by atoms with Crippen LogP contribution in [0.4, 0.5) is 0 Å². The Bertz CT molecular complexity index is 574. The predicted molar refractivity (Wildman–Crippen MR) is 102 cm³/mol. The summed E-state index contributed by atoms with van der Waals surface area (Å²) >= 11 is 0. The summed E-state index contributed by atoms with van der Waals surface area (Å²) in [5.41, 5.74) is 2.37. The molecular weight excluding hydrogens is 330 g/mol. The number of nitrogens with zero attached hydrogens (tertiary/aromatic N) is 3. The summed E-state index contributed by atoms with van der Waals surface area (Å²) in [5, 5.41) is 0. The minimum absolute atomic E-state index is 0.248. The summed E-state index contributed by atoms with van der Waals surface area (Å²) in [6.45, 7) is 13.0. The van der Waals surface area contributed by atoms with Crippen LogP contribution in [-0.2, 0) is 9.53 Å². The molecule has 6 nitrogen and oxygen atoms in total. The fraction of sp³-hybridized carbons (Fsp3) is 0.650. The van der Waals surface area contributed by atoms with E-state index in [-0.39, 0.29) is 5.91 Å². The molecule has 0 unspecified atom stereocenters. The molecule has 0 aromatic heterocycles. The Morgan fingerprint density at radius 3 is 2.31 bits per heavy atom. The maximum Gasteiger partial charge on any atom is 0.236 e. The molecule has 0 N–H and O–H groups in total. The van der Waals surface area contributed by atoms with E-state index < -0.39 is 0 Å². The molecule has 3 rings (SSSR count). The number of rotatable bonds is 6.